The van der Waals surface area contributed by atoms with E-state index in [9.17, 15) is 0 Å². The van der Waals surface area contributed by atoms with E-state index in [-0.39, 0.29) is 12.4 Å². The Bertz CT molecular complexity index is 835. The molecule has 3 aromatic rings. The van der Waals surface area contributed by atoms with Gasteiger partial charge in [-0.15, -0.1) is 23.7 Å². The normalized spacial score (nSPS) is 17.0. The minimum atomic E-state index is 0. The Labute approximate surface area is 151 Å². The average molecular weight is 362 g/mol. The molecular weight excluding hydrogens is 342 g/mol. The number of nitrogens with one attached hydrogen (secondary N) is 1. The lowest BCUT2D eigenvalue weighted by Crippen LogP contribution is -2.11. The van der Waals surface area contributed by atoms with Crippen molar-refractivity contribution in [1.82, 2.24) is 25.1 Å². The molecule has 0 spiro atoms. The Hall–Kier alpha value is -1.76. The molecular formula is C17H20ClN5S. The molecule has 1 fully saturated rings. The van der Waals surface area contributed by atoms with Crippen LogP contribution in [-0.2, 0) is 0 Å². The SMILES string of the molecule is Cc1cc(-n2nc(C)nc2-c2ccc(C3CCCN3)s2)ccn1.Cl. The highest BCUT2D eigenvalue weighted by molar-refractivity contribution is 7.15. The van der Waals surface area contributed by atoms with Gasteiger partial charge in [-0.3, -0.25) is 4.98 Å². The summed E-state index contributed by atoms with van der Waals surface area (Å²) in [5, 5.41) is 8.13. The van der Waals surface area contributed by atoms with Crippen molar-refractivity contribution in [2.45, 2.75) is 32.7 Å². The van der Waals surface area contributed by atoms with Crippen LogP contribution in [0.5, 0.6) is 0 Å². The molecule has 0 bridgehead atoms. The van der Waals surface area contributed by atoms with Gasteiger partial charge in [0.25, 0.3) is 0 Å². The fourth-order valence-corrected chi connectivity index (χ4v) is 4.10. The maximum absolute atomic E-state index is 4.65. The van der Waals surface area contributed by atoms with Crippen molar-refractivity contribution < 1.29 is 0 Å². The van der Waals surface area contributed by atoms with Gasteiger partial charge in [0.2, 0.25) is 0 Å². The second-order valence-electron chi connectivity index (χ2n) is 5.90. The number of aromatic nitrogens is 4. The number of hydrogen-bond donors (Lipinski definition) is 1. The van der Waals surface area contributed by atoms with Crippen LogP contribution in [0.3, 0.4) is 0 Å². The highest BCUT2D eigenvalue weighted by Gasteiger charge is 2.20. The van der Waals surface area contributed by atoms with Crippen molar-refractivity contribution in [3.05, 3.63) is 46.9 Å². The number of hydrogen-bond acceptors (Lipinski definition) is 5. The number of thiophene rings is 1. The van der Waals surface area contributed by atoms with Gasteiger partial charge in [-0.2, -0.15) is 5.10 Å². The van der Waals surface area contributed by atoms with Crippen molar-refractivity contribution in [2.75, 3.05) is 6.54 Å². The number of rotatable bonds is 3. The summed E-state index contributed by atoms with van der Waals surface area (Å²) in [6, 6.07) is 8.88. The first-order valence-electron chi connectivity index (χ1n) is 7.91. The molecule has 0 aromatic carbocycles. The Morgan fingerprint density at radius 2 is 2.12 bits per heavy atom. The second kappa shape index (κ2) is 7.01. The van der Waals surface area contributed by atoms with Gasteiger partial charge in [0.15, 0.2) is 5.82 Å². The molecule has 0 aliphatic carbocycles. The third-order valence-electron chi connectivity index (χ3n) is 4.09. The van der Waals surface area contributed by atoms with Crippen molar-refractivity contribution in [2.24, 2.45) is 0 Å². The van der Waals surface area contributed by atoms with Gasteiger partial charge in [-0.25, -0.2) is 9.67 Å². The van der Waals surface area contributed by atoms with Crippen LogP contribution in [0.1, 0.15) is 35.3 Å². The lowest BCUT2D eigenvalue weighted by molar-refractivity contribution is 0.660. The summed E-state index contributed by atoms with van der Waals surface area (Å²) in [5.74, 6) is 1.69. The van der Waals surface area contributed by atoms with Crippen LogP contribution in [0.15, 0.2) is 30.5 Å². The zero-order valence-electron chi connectivity index (χ0n) is 13.7. The van der Waals surface area contributed by atoms with Crippen molar-refractivity contribution in [3.8, 4) is 16.4 Å². The molecule has 1 N–H and O–H groups in total. The zero-order chi connectivity index (χ0) is 15.8. The molecule has 1 unspecified atom stereocenters. The summed E-state index contributed by atoms with van der Waals surface area (Å²) in [4.78, 5) is 11.5. The predicted molar refractivity (Wildman–Crippen MR) is 99.2 cm³/mol. The molecule has 24 heavy (non-hydrogen) atoms. The van der Waals surface area contributed by atoms with Crippen LogP contribution >= 0.6 is 23.7 Å². The molecule has 1 aliphatic rings. The Morgan fingerprint density at radius 3 is 2.88 bits per heavy atom. The van der Waals surface area contributed by atoms with Gasteiger partial charge in [0.05, 0.1) is 10.6 Å². The van der Waals surface area contributed by atoms with Gasteiger partial charge in [-0.1, -0.05) is 0 Å². The van der Waals surface area contributed by atoms with E-state index in [0.717, 1.165) is 34.5 Å². The smallest absolute Gasteiger partial charge is 0.173 e. The first-order valence-corrected chi connectivity index (χ1v) is 8.72. The number of nitrogens with zero attached hydrogens (tertiary/aromatic N) is 4. The Balaban J connectivity index is 0.00000169. The summed E-state index contributed by atoms with van der Waals surface area (Å²) in [5.41, 5.74) is 1.98. The molecule has 1 aliphatic heterocycles. The summed E-state index contributed by atoms with van der Waals surface area (Å²) >= 11 is 1.81. The van der Waals surface area contributed by atoms with E-state index < -0.39 is 0 Å². The standard InChI is InChI=1S/C17H19N5S.ClH/c1-11-10-13(7-9-18-11)22-17(20-12(2)21-22)16-6-5-15(23-16)14-4-3-8-19-14;/h5-7,9-10,14,19H,3-4,8H2,1-2H3;1H. The third kappa shape index (κ3) is 3.22. The summed E-state index contributed by atoms with van der Waals surface area (Å²) in [7, 11) is 0. The van der Waals surface area contributed by atoms with E-state index >= 15 is 0 Å². The Kier molecular flexibility index (Phi) is 4.99. The summed E-state index contributed by atoms with van der Waals surface area (Å²) < 4.78 is 1.92. The van der Waals surface area contributed by atoms with Gasteiger partial charge < -0.3 is 5.32 Å². The summed E-state index contributed by atoms with van der Waals surface area (Å²) in [6.45, 7) is 5.03. The van der Waals surface area contributed by atoms with Crippen LogP contribution in [0.2, 0.25) is 0 Å². The molecule has 1 saturated heterocycles. The second-order valence-corrected chi connectivity index (χ2v) is 7.02. The van der Waals surface area contributed by atoms with Crippen LogP contribution in [0.4, 0.5) is 0 Å². The molecule has 5 nitrogen and oxygen atoms in total. The first kappa shape index (κ1) is 17.1. The molecule has 4 rings (SSSR count). The van der Waals surface area contributed by atoms with Gasteiger partial charge in [-0.05, 0) is 57.5 Å². The molecule has 3 aromatic heterocycles. The highest BCUT2D eigenvalue weighted by Crippen LogP contribution is 2.34. The monoisotopic (exact) mass is 361 g/mol. The average Bonchev–Trinajstić information content (AvgIpc) is 3.26. The van der Waals surface area contributed by atoms with E-state index in [0.29, 0.717) is 6.04 Å². The van der Waals surface area contributed by atoms with Crippen molar-refractivity contribution in [1.29, 1.82) is 0 Å². The lowest BCUT2D eigenvalue weighted by atomic mass is 10.2. The van der Waals surface area contributed by atoms with E-state index in [4.69, 9.17) is 0 Å². The molecule has 126 valence electrons. The molecule has 1 atom stereocenters. The predicted octanol–water partition coefficient (Wildman–Crippen LogP) is 3.85. The Morgan fingerprint density at radius 1 is 1.25 bits per heavy atom. The fraction of sp³-hybridized carbons (Fsp3) is 0.353. The van der Waals surface area contributed by atoms with Crippen LogP contribution in [-0.4, -0.2) is 26.3 Å². The van der Waals surface area contributed by atoms with Crippen molar-refractivity contribution in [3.63, 3.8) is 0 Å². The maximum atomic E-state index is 4.65. The van der Waals surface area contributed by atoms with E-state index in [1.807, 2.05) is 48.2 Å². The van der Waals surface area contributed by atoms with Crippen LogP contribution < -0.4 is 5.32 Å². The first-order chi connectivity index (χ1) is 11.2. The van der Waals surface area contributed by atoms with Crippen LogP contribution in [0, 0.1) is 13.8 Å². The number of halogens is 1. The molecule has 0 radical (unpaired) electrons. The molecule has 4 heterocycles. The number of pyridine rings is 1. The largest absolute Gasteiger partial charge is 0.309 e. The molecule has 0 saturated carbocycles. The molecule has 0 amide bonds. The fourth-order valence-electron chi connectivity index (χ4n) is 3.00. The molecule has 7 heteroatoms. The number of aryl methyl sites for hydroxylation is 2. The van der Waals surface area contributed by atoms with Gasteiger partial charge in [0.1, 0.15) is 5.82 Å². The quantitative estimate of drug-likeness (QED) is 0.769. The zero-order valence-corrected chi connectivity index (χ0v) is 15.3. The van der Waals surface area contributed by atoms with Gasteiger partial charge in [0, 0.05) is 22.8 Å². The van der Waals surface area contributed by atoms with E-state index in [1.54, 1.807) is 0 Å². The summed E-state index contributed by atoms with van der Waals surface area (Å²) in [6.07, 6.45) is 4.28. The minimum Gasteiger partial charge on any atom is -0.309 e. The topological polar surface area (TPSA) is 55.6 Å². The van der Waals surface area contributed by atoms with E-state index in [2.05, 4.69) is 32.5 Å². The van der Waals surface area contributed by atoms with Crippen LogP contribution in [0.25, 0.3) is 16.4 Å². The lowest BCUT2D eigenvalue weighted by Gasteiger charge is -2.07. The van der Waals surface area contributed by atoms with Gasteiger partial charge >= 0.3 is 0 Å². The third-order valence-corrected chi connectivity index (χ3v) is 5.28. The van der Waals surface area contributed by atoms with E-state index in [1.165, 1.54) is 17.7 Å². The maximum Gasteiger partial charge on any atom is 0.173 e. The van der Waals surface area contributed by atoms with Crippen molar-refractivity contribution >= 4 is 23.7 Å². The minimum absolute atomic E-state index is 0. The highest BCUT2D eigenvalue weighted by atomic mass is 35.5.